The van der Waals surface area contributed by atoms with Crippen LogP contribution in [0.4, 0.5) is 10.1 Å². The van der Waals surface area contributed by atoms with Crippen molar-refractivity contribution in [3.05, 3.63) is 41.9 Å². The van der Waals surface area contributed by atoms with Gasteiger partial charge in [0.2, 0.25) is 0 Å². The SMILES string of the molecule is CN1C=C(F)Cc2ccccc21. The molecule has 2 rings (SSSR count). The normalized spacial score (nSPS) is 15.5. The number of halogens is 1. The summed E-state index contributed by atoms with van der Waals surface area (Å²) in [5.74, 6) is -0.0730. The Labute approximate surface area is 71.1 Å². The summed E-state index contributed by atoms with van der Waals surface area (Å²) < 4.78 is 12.9. The van der Waals surface area contributed by atoms with E-state index in [4.69, 9.17) is 0 Å². The van der Waals surface area contributed by atoms with Gasteiger partial charge in [-0.25, -0.2) is 4.39 Å². The van der Waals surface area contributed by atoms with Gasteiger partial charge >= 0.3 is 0 Å². The van der Waals surface area contributed by atoms with Crippen molar-refractivity contribution in [2.45, 2.75) is 6.42 Å². The summed E-state index contributed by atoms with van der Waals surface area (Å²) in [5, 5.41) is 0. The third-order valence-corrected chi connectivity index (χ3v) is 2.06. The molecule has 1 heterocycles. The molecule has 0 spiro atoms. The van der Waals surface area contributed by atoms with Crippen molar-refractivity contribution >= 4 is 5.69 Å². The Morgan fingerprint density at radius 3 is 2.92 bits per heavy atom. The molecule has 1 aromatic rings. The molecule has 0 atom stereocenters. The fourth-order valence-corrected chi connectivity index (χ4v) is 1.51. The first-order valence-electron chi connectivity index (χ1n) is 3.94. The van der Waals surface area contributed by atoms with E-state index >= 15 is 0 Å². The lowest BCUT2D eigenvalue weighted by Crippen LogP contribution is -2.15. The van der Waals surface area contributed by atoms with Crippen molar-refractivity contribution in [2.24, 2.45) is 0 Å². The van der Waals surface area contributed by atoms with Crippen molar-refractivity contribution < 1.29 is 4.39 Å². The maximum atomic E-state index is 12.9. The second-order valence-corrected chi connectivity index (χ2v) is 2.99. The first-order chi connectivity index (χ1) is 5.77. The highest BCUT2D eigenvalue weighted by molar-refractivity contribution is 5.58. The quantitative estimate of drug-likeness (QED) is 0.568. The molecular formula is C10H10FN. The molecule has 0 amide bonds. The summed E-state index contributed by atoms with van der Waals surface area (Å²) in [4.78, 5) is 1.81. The van der Waals surface area contributed by atoms with Crippen LogP contribution in [-0.4, -0.2) is 7.05 Å². The van der Waals surface area contributed by atoms with Gasteiger partial charge in [0.25, 0.3) is 0 Å². The number of nitrogens with zero attached hydrogens (tertiary/aromatic N) is 1. The molecule has 1 aliphatic heterocycles. The highest BCUT2D eigenvalue weighted by atomic mass is 19.1. The van der Waals surface area contributed by atoms with Crippen LogP contribution in [0.1, 0.15) is 5.56 Å². The predicted octanol–water partition coefficient (Wildman–Crippen LogP) is 2.49. The maximum absolute atomic E-state index is 12.9. The average Bonchev–Trinajstić information content (AvgIpc) is 2.04. The average molecular weight is 163 g/mol. The minimum absolute atomic E-state index is 0.0730. The molecule has 0 saturated carbocycles. The molecule has 2 heteroatoms. The number of hydrogen-bond acceptors (Lipinski definition) is 1. The number of benzene rings is 1. The monoisotopic (exact) mass is 163 g/mol. The first-order valence-corrected chi connectivity index (χ1v) is 3.94. The van der Waals surface area contributed by atoms with Crippen molar-refractivity contribution in [1.82, 2.24) is 0 Å². The lowest BCUT2D eigenvalue weighted by atomic mass is 10.1. The summed E-state index contributed by atoms with van der Waals surface area (Å²) in [6, 6.07) is 7.86. The first kappa shape index (κ1) is 7.35. The minimum atomic E-state index is -0.0730. The van der Waals surface area contributed by atoms with Crippen molar-refractivity contribution in [3.8, 4) is 0 Å². The van der Waals surface area contributed by atoms with Crippen LogP contribution in [0.25, 0.3) is 0 Å². The van der Waals surface area contributed by atoms with Gasteiger partial charge in [0.1, 0.15) is 5.83 Å². The van der Waals surface area contributed by atoms with E-state index in [2.05, 4.69) is 0 Å². The molecule has 0 radical (unpaired) electrons. The van der Waals surface area contributed by atoms with Crippen LogP contribution in [0.2, 0.25) is 0 Å². The third-order valence-electron chi connectivity index (χ3n) is 2.06. The zero-order chi connectivity index (χ0) is 8.55. The fourth-order valence-electron chi connectivity index (χ4n) is 1.51. The zero-order valence-electron chi connectivity index (χ0n) is 6.92. The molecule has 1 aliphatic rings. The van der Waals surface area contributed by atoms with Gasteiger partial charge in [0, 0.05) is 25.4 Å². The van der Waals surface area contributed by atoms with E-state index in [-0.39, 0.29) is 5.83 Å². The summed E-state index contributed by atoms with van der Waals surface area (Å²) >= 11 is 0. The van der Waals surface area contributed by atoms with E-state index in [1.54, 1.807) is 0 Å². The standard InChI is InChI=1S/C10H10FN/c1-12-7-9(11)6-8-4-2-3-5-10(8)12/h2-5,7H,6H2,1H3. The summed E-state index contributed by atoms with van der Waals surface area (Å²) in [6.07, 6.45) is 1.96. The Hall–Kier alpha value is -1.31. The molecule has 62 valence electrons. The van der Waals surface area contributed by atoms with Crippen LogP contribution in [0.3, 0.4) is 0 Å². The molecule has 0 aliphatic carbocycles. The van der Waals surface area contributed by atoms with Crippen LogP contribution in [-0.2, 0) is 6.42 Å². The maximum Gasteiger partial charge on any atom is 0.120 e. The van der Waals surface area contributed by atoms with Gasteiger partial charge in [-0.15, -0.1) is 0 Å². The van der Waals surface area contributed by atoms with E-state index in [0.29, 0.717) is 6.42 Å². The van der Waals surface area contributed by atoms with Gasteiger partial charge in [-0.05, 0) is 11.6 Å². The van der Waals surface area contributed by atoms with Crippen LogP contribution < -0.4 is 4.90 Å². The van der Waals surface area contributed by atoms with Crippen molar-refractivity contribution in [3.63, 3.8) is 0 Å². The summed E-state index contributed by atoms with van der Waals surface area (Å²) in [5.41, 5.74) is 2.15. The molecule has 12 heavy (non-hydrogen) atoms. The second kappa shape index (κ2) is 2.63. The lowest BCUT2D eigenvalue weighted by molar-refractivity contribution is 0.601. The van der Waals surface area contributed by atoms with Gasteiger partial charge in [0.15, 0.2) is 0 Å². The number of rotatable bonds is 0. The molecule has 0 aromatic heterocycles. The highest BCUT2D eigenvalue weighted by Gasteiger charge is 2.12. The van der Waals surface area contributed by atoms with E-state index in [0.717, 1.165) is 11.3 Å². The second-order valence-electron chi connectivity index (χ2n) is 2.99. The van der Waals surface area contributed by atoms with Gasteiger partial charge < -0.3 is 4.90 Å². The summed E-state index contributed by atoms with van der Waals surface area (Å²) in [7, 11) is 1.86. The van der Waals surface area contributed by atoms with E-state index in [1.165, 1.54) is 6.20 Å². The van der Waals surface area contributed by atoms with Gasteiger partial charge in [0.05, 0.1) is 0 Å². The van der Waals surface area contributed by atoms with Crippen LogP contribution in [0, 0.1) is 0 Å². The Morgan fingerprint density at radius 2 is 2.08 bits per heavy atom. The molecule has 1 nitrogen and oxygen atoms in total. The van der Waals surface area contributed by atoms with E-state index in [9.17, 15) is 4.39 Å². The molecule has 0 N–H and O–H groups in total. The predicted molar refractivity (Wildman–Crippen MR) is 47.7 cm³/mol. The topological polar surface area (TPSA) is 3.24 Å². The fraction of sp³-hybridized carbons (Fsp3) is 0.200. The molecule has 1 aromatic carbocycles. The number of allylic oxidation sites excluding steroid dienone is 1. The Bertz CT molecular complexity index is 330. The lowest BCUT2D eigenvalue weighted by Gasteiger charge is -2.22. The van der Waals surface area contributed by atoms with Crippen LogP contribution in [0.15, 0.2) is 36.3 Å². The van der Waals surface area contributed by atoms with E-state index in [1.807, 2.05) is 36.2 Å². The number of hydrogen-bond donors (Lipinski definition) is 0. The minimum Gasteiger partial charge on any atom is -0.348 e. The summed E-state index contributed by atoms with van der Waals surface area (Å²) in [6.45, 7) is 0. The van der Waals surface area contributed by atoms with Gasteiger partial charge in [-0.3, -0.25) is 0 Å². The van der Waals surface area contributed by atoms with E-state index < -0.39 is 0 Å². The molecular weight excluding hydrogens is 153 g/mol. The molecule has 0 fully saturated rings. The molecule has 0 bridgehead atoms. The number of para-hydroxylation sites is 1. The Kier molecular flexibility index (Phi) is 1.61. The van der Waals surface area contributed by atoms with Crippen LogP contribution >= 0.6 is 0 Å². The Morgan fingerprint density at radius 1 is 1.33 bits per heavy atom. The Balaban J connectivity index is 2.48. The zero-order valence-corrected chi connectivity index (χ0v) is 6.92. The largest absolute Gasteiger partial charge is 0.348 e. The van der Waals surface area contributed by atoms with Crippen molar-refractivity contribution in [1.29, 1.82) is 0 Å². The van der Waals surface area contributed by atoms with Gasteiger partial charge in [-0.2, -0.15) is 0 Å². The smallest absolute Gasteiger partial charge is 0.120 e. The van der Waals surface area contributed by atoms with Gasteiger partial charge in [-0.1, -0.05) is 18.2 Å². The van der Waals surface area contributed by atoms with Crippen molar-refractivity contribution in [2.75, 3.05) is 11.9 Å². The molecule has 0 saturated heterocycles. The van der Waals surface area contributed by atoms with Crippen LogP contribution in [0.5, 0.6) is 0 Å². The highest BCUT2D eigenvalue weighted by Crippen LogP contribution is 2.27. The number of fused-ring (bicyclic) bond motifs is 1. The molecule has 0 unspecified atom stereocenters. The third kappa shape index (κ3) is 1.09. The number of anilines is 1.